The third-order valence-corrected chi connectivity index (χ3v) is 10.3. The van der Waals surface area contributed by atoms with Crippen LogP contribution in [0.2, 0.25) is 0 Å². The third-order valence-electron chi connectivity index (χ3n) is 10.3. The molecule has 70 heavy (non-hydrogen) atoms. The number of esters is 2. The number of carbonyl (C=O) groups is 10. The summed E-state index contributed by atoms with van der Waals surface area (Å²) < 4.78 is 10.1. The molecular formula is C54H42N4O12. The predicted molar refractivity (Wildman–Crippen MR) is 258 cm³/mol. The van der Waals surface area contributed by atoms with E-state index in [1.54, 1.807) is 60.7 Å². The Balaban J connectivity index is 1.21. The lowest BCUT2D eigenvalue weighted by molar-refractivity contribution is -0.118. The Hall–Kier alpha value is -9.70. The second-order valence-corrected chi connectivity index (χ2v) is 15.2. The van der Waals surface area contributed by atoms with Gasteiger partial charge in [0.05, 0.1) is 22.3 Å². The maximum absolute atomic E-state index is 14.0. The van der Waals surface area contributed by atoms with E-state index < -0.39 is 60.2 Å². The second kappa shape index (κ2) is 22.7. The van der Waals surface area contributed by atoms with Gasteiger partial charge in [0.15, 0.2) is 36.3 Å². The summed E-state index contributed by atoms with van der Waals surface area (Å²) in [5.74, 6) is -7.10. The number of hydrogen-bond donors (Lipinski definition) is 4. The molecule has 6 aromatic rings. The fourth-order valence-corrected chi connectivity index (χ4v) is 6.72. The SMILES string of the molecule is C=CC(=O)COC(=O)c1ccc(C(=O)c2ccc(C(=O)OCC(=O)C=C)c(C(=O)Nc3cccc(C(=O)Nc4cccc(C(=O)c5cccc(NC(=O)c6cccc(C)c6)c5)c4)c3)c2)cc1C(=O)NC. The van der Waals surface area contributed by atoms with E-state index in [9.17, 15) is 47.9 Å². The first-order chi connectivity index (χ1) is 33.6. The number of aryl methyl sites for hydroxylation is 1. The van der Waals surface area contributed by atoms with Gasteiger partial charge < -0.3 is 30.7 Å². The van der Waals surface area contributed by atoms with Crippen molar-refractivity contribution in [3.8, 4) is 0 Å². The standard InChI is InChI=1S/C54H42N4O12/c1-5-41(59)29-69-53(67)43-21-19-34(27-45(43)51(65)55-4)48(62)35-20-22-44(54(68)70-30-42(60)6-2)46(28-35)52(66)58-40-18-10-15-37(26-40)50(64)57-39-17-9-13-33(25-39)47(61)32-12-8-16-38(24-32)56-49(63)36-14-7-11-31(3)23-36/h5-28H,1-2,29-30H2,3-4H3,(H,55,65)(H,56,63)(H,57,64)(H,58,66). The normalized spacial score (nSPS) is 10.4. The van der Waals surface area contributed by atoms with E-state index in [-0.39, 0.29) is 73.1 Å². The first-order valence-corrected chi connectivity index (χ1v) is 21.1. The van der Waals surface area contributed by atoms with Crippen LogP contribution in [0.1, 0.15) is 99.6 Å². The van der Waals surface area contributed by atoms with Crippen LogP contribution in [0.3, 0.4) is 0 Å². The zero-order valence-electron chi connectivity index (χ0n) is 37.6. The second-order valence-electron chi connectivity index (χ2n) is 15.2. The number of benzene rings is 6. The van der Waals surface area contributed by atoms with Crippen LogP contribution >= 0.6 is 0 Å². The topological polar surface area (TPSA) is 237 Å². The monoisotopic (exact) mass is 938 g/mol. The number of amides is 4. The summed E-state index contributed by atoms with van der Waals surface area (Å²) >= 11 is 0. The molecule has 0 spiro atoms. The van der Waals surface area contributed by atoms with E-state index in [1.807, 2.05) is 13.0 Å². The van der Waals surface area contributed by atoms with Crippen molar-refractivity contribution in [1.82, 2.24) is 5.32 Å². The highest BCUT2D eigenvalue weighted by atomic mass is 16.5. The van der Waals surface area contributed by atoms with E-state index in [0.717, 1.165) is 42.0 Å². The number of carbonyl (C=O) groups excluding carboxylic acids is 10. The Morgan fingerprint density at radius 3 is 1.23 bits per heavy atom. The maximum atomic E-state index is 14.0. The van der Waals surface area contributed by atoms with E-state index in [1.165, 1.54) is 49.5 Å². The Morgan fingerprint density at radius 1 is 0.429 bits per heavy atom. The van der Waals surface area contributed by atoms with Crippen LogP contribution in [0.25, 0.3) is 0 Å². The molecule has 6 aromatic carbocycles. The lowest BCUT2D eigenvalue weighted by atomic mass is 9.95. The Labute approximate surface area is 400 Å². The van der Waals surface area contributed by atoms with Gasteiger partial charge in [-0.25, -0.2) is 9.59 Å². The molecule has 6 rings (SSSR count). The zero-order valence-corrected chi connectivity index (χ0v) is 37.6. The summed E-state index contributed by atoms with van der Waals surface area (Å²) in [5, 5.41) is 10.5. The molecule has 0 aliphatic carbocycles. The van der Waals surface area contributed by atoms with Crippen LogP contribution in [0.15, 0.2) is 159 Å². The van der Waals surface area contributed by atoms with Crippen LogP contribution in [0.4, 0.5) is 17.1 Å². The molecule has 0 saturated heterocycles. The van der Waals surface area contributed by atoms with Gasteiger partial charge >= 0.3 is 11.9 Å². The molecule has 16 heteroatoms. The van der Waals surface area contributed by atoms with Gasteiger partial charge in [-0.05, 0) is 97.9 Å². The Bertz CT molecular complexity index is 3170. The molecule has 4 amide bonds. The van der Waals surface area contributed by atoms with Crippen molar-refractivity contribution in [2.45, 2.75) is 6.92 Å². The largest absolute Gasteiger partial charge is 0.454 e. The first kappa shape index (κ1) is 49.7. The maximum Gasteiger partial charge on any atom is 0.339 e. The summed E-state index contributed by atoms with van der Waals surface area (Å²) in [5.41, 5.74) is 1.25. The van der Waals surface area contributed by atoms with Crippen molar-refractivity contribution >= 4 is 75.8 Å². The van der Waals surface area contributed by atoms with Crippen molar-refractivity contribution in [3.05, 3.63) is 220 Å². The molecule has 0 aliphatic heterocycles. The van der Waals surface area contributed by atoms with Gasteiger partial charge in [0, 0.05) is 57.5 Å². The summed E-state index contributed by atoms with van der Waals surface area (Å²) in [6.07, 6.45) is 1.90. The quantitative estimate of drug-likeness (QED) is 0.0353. The fourth-order valence-electron chi connectivity index (χ4n) is 6.72. The summed E-state index contributed by atoms with van der Waals surface area (Å²) in [6, 6.07) is 32.4. The van der Waals surface area contributed by atoms with Crippen molar-refractivity contribution in [2.24, 2.45) is 0 Å². The average molecular weight is 939 g/mol. The number of ether oxygens (including phenoxy) is 2. The van der Waals surface area contributed by atoms with Crippen molar-refractivity contribution in [1.29, 1.82) is 0 Å². The smallest absolute Gasteiger partial charge is 0.339 e. The Kier molecular flexibility index (Phi) is 16.1. The average Bonchev–Trinajstić information content (AvgIpc) is 3.38. The number of nitrogens with one attached hydrogen (secondary N) is 4. The molecule has 16 nitrogen and oxygen atoms in total. The number of hydrogen-bond acceptors (Lipinski definition) is 12. The van der Waals surface area contributed by atoms with Gasteiger partial charge in [0.25, 0.3) is 23.6 Å². The number of ketones is 4. The van der Waals surface area contributed by atoms with Crippen LogP contribution in [-0.4, -0.2) is 79.0 Å². The zero-order chi connectivity index (χ0) is 50.5. The predicted octanol–water partition coefficient (Wildman–Crippen LogP) is 7.40. The van der Waals surface area contributed by atoms with Gasteiger partial charge in [0.1, 0.15) is 0 Å². The minimum Gasteiger partial charge on any atom is -0.454 e. The lowest BCUT2D eigenvalue weighted by Gasteiger charge is -2.13. The van der Waals surface area contributed by atoms with E-state index in [2.05, 4.69) is 34.4 Å². The van der Waals surface area contributed by atoms with Crippen molar-refractivity contribution < 1.29 is 57.4 Å². The van der Waals surface area contributed by atoms with E-state index in [4.69, 9.17) is 9.47 Å². The molecule has 0 heterocycles. The van der Waals surface area contributed by atoms with Crippen LogP contribution in [0, 0.1) is 6.92 Å². The molecule has 0 atom stereocenters. The molecular weight excluding hydrogens is 897 g/mol. The van der Waals surface area contributed by atoms with Gasteiger partial charge in [0.2, 0.25) is 0 Å². The van der Waals surface area contributed by atoms with Gasteiger partial charge in [-0.3, -0.25) is 38.4 Å². The summed E-state index contributed by atoms with van der Waals surface area (Å²) in [7, 11) is 1.30. The lowest BCUT2D eigenvalue weighted by Crippen LogP contribution is -2.23. The number of rotatable bonds is 19. The molecule has 4 N–H and O–H groups in total. The fraction of sp³-hybridized carbons (Fsp3) is 0.0741. The van der Waals surface area contributed by atoms with Crippen LogP contribution in [-0.2, 0) is 19.1 Å². The van der Waals surface area contributed by atoms with Gasteiger partial charge in [-0.15, -0.1) is 0 Å². The molecule has 0 unspecified atom stereocenters. The van der Waals surface area contributed by atoms with Gasteiger partial charge in [-0.2, -0.15) is 0 Å². The highest BCUT2D eigenvalue weighted by Gasteiger charge is 2.25. The highest BCUT2D eigenvalue weighted by Crippen LogP contribution is 2.24. The molecule has 0 aliphatic rings. The minimum atomic E-state index is -1.09. The van der Waals surface area contributed by atoms with E-state index in [0.29, 0.717) is 11.3 Å². The minimum absolute atomic E-state index is 0.0737. The molecule has 0 radical (unpaired) electrons. The van der Waals surface area contributed by atoms with Gasteiger partial charge in [-0.1, -0.05) is 73.3 Å². The van der Waals surface area contributed by atoms with Crippen LogP contribution in [0.5, 0.6) is 0 Å². The first-order valence-electron chi connectivity index (χ1n) is 21.1. The van der Waals surface area contributed by atoms with Crippen molar-refractivity contribution in [2.75, 3.05) is 36.2 Å². The van der Waals surface area contributed by atoms with Crippen molar-refractivity contribution in [3.63, 3.8) is 0 Å². The molecule has 0 aromatic heterocycles. The molecule has 0 fully saturated rings. The van der Waals surface area contributed by atoms with Crippen LogP contribution < -0.4 is 21.3 Å². The molecule has 350 valence electrons. The number of anilines is 3. The molecule has 0 bridgehead atoms. The summed E-state index contributed by atoms with van der Waals surface area (Å²) in [6.45, 7) is 7.20. The van der Waals surface area contributed by atoms with E-state index >= 15 is 0 Å². The Morgan fingerprint density at radius 2 is 0.800 bits per heavy atom. The highest BCUT2D eigenvalue weighted by molar-refractivity contribution is 6.17. The summed E-state index contributed by atoms with van der Waals surface area (Å²) in [4.78, 5) is 130. The molecule has 0 saturated carbocycles. The third kappa shape index (κ3) is 12.4.